The van der Waals surface area contributed by atoms with Gasteiger partial charge in [0.05, 0.1) is 5.52 Å². The number of para-hydroxylation sites is 2. The minimum atomic E-state index is -0.994. The molecule has 4 nitrogen and oxygen atoms in total. The number of nitrogens with zero attached hydrogens (tertiary/aromatic N) is 1. The van der Waals surface area contributed by atoms with E-state index in [1.54, 1.807) is 18.2 Å². The van der Waals surface area contributed by atoms with Crippen molar-refractivity contribution < 1.29 is 14.6 Å². The van der Waals surface area contributed by atoms with Crippen LogP contribution in [0.1, 0.15) is 21.6 Å². The molecule has 0 bridgehead atoms. The second kappa shape index (κ2) is 5.85. The van der Waals surface area contributed by atoms with Gasteiger partial charge in [-0.1, -0.05) is 30.3 Å². The molecule has 0 aliphatic heterocycles. The fourth-order valence-electron chi connectivity index (χ4n) is 2.44. The standard InChI is InChI=1S/C18H15NO3/c1-12-10-13(14-6-2-4-8-16(14)19-12)11-22-17-9-5-3-7-15(17)18(20)21/h2-10H,11H2,1H3,(H,20,21). The lowest BCUT2D eigenvalue weighted by Crippen LogP contribution is -2.04. The molecule has 0 aliphatic rings. The highest BCUT2D eigenvalue weighted by Gasteiger charge is 2.11. The molecule has 4 heteroatoms. The molecule has 1 heterocycles. The Morgan fingerprint density at radius 1 is 1.14 bits per heavy atom. The van der Waals surface area contributed by atoms with Crippen molar-refractivity contribution in [3.63, 3.8) is 0 Å². The van der Waals surface area contributed by atoms with Gasteiger partial charge in [0.15, 0.2) is 0 Å². The highest BCUT2D eigenvalue weighted by atomic mass is 16.5. The molecule has 0 saturated carbocycles. The number of benzene rings is 2. The number of ether oxygens (including phenoxy) is 1. The lowest BCUT2D eigenvalue weighted by atomic mass is 10.1. The van der Waals surface area contributed by atoms with Gasteiger partial charge in [0, 0.05) is 16.6 Å². The van der Waals surface area contributed by atoms with Gasteiger partial charge in [-0.3, -0.25) is 4.98 Å². The number of hydrogen-bond acceptors (Lipinski definition) is 3. The number of fused-ring (bicyclic) bond motifs is 1. The van der Waals surface area contributed by atoms with Gasteiger partial charge in [-0.25, -0.2) is 4.79 Å². The summed E-state index contributed by atoms with van der Waals surface area (Å²) < 4.78 is 5.74. The van der Waals surface area contributed by atoms with E-state index in [0.717, 1.165) is 22.2 Å². The maximum Gasteiger partial charge on any atom is 0.339 e. The lowest BCUT2D eigenvalue weighted by Gasteiger charge is -2.11. The van der Waals surface area contributed by atoms with Crippen molar-refractivity contribution in [1.82, 2.24) is 4.98 Å². The van der Waals surface area contributed by atoms with Gasteiger partial charge in [-0.15, -0.1) is 0 Å². The Bertz CT molecular complexity index is 843. The maximum atomic E-state index is 11.2. The summed E-state index contributed by atoms with van der Waals surface area (Å²) in [4.78, 5) is 15.7. The quantitative estimate of drug-likeness (QED) is 0.794. The number of carboxylic acids is 1. The number of carbonyl (C=O) groups is 1. The summed E-state index contributed by atoms with van der Waals surface area (Å²) in [5.74, 6) is -0.625. The fraction of sp³-hybridized carbons (Fsp3) is 0.111. The summed E-state index contributed by atoms with van der Waals surface area (Å²) in [6.45, 7) is 2.23. The molecule has 22 heavy (non-hydrogen) atoms. The van der Waals surface area contributed by atoms with Crippen LogP contribution in [-0.2, 0) is 6.61 Å². The molecule has 0 fully saturated rings. The molecule has 0 aliphatic carbocycles. The average Bonchev–Trinajstić information content (AvgIpc) is 2.52. The van der Waals surface area contributed by atoms with Crippen LogP contribution in [0.5, 0.6) is 5.75 Å². The Morgan fingerprint density at radius 2 is 1.86 bits per heavy atom. The van der Waals surface area contributed by atoms with E-state index >= 15 is 0 Å². The van der Waals surface area contributed by atoms with Gasteiger partial charge in [0.25, 0.3) is 0 Å². The van der Waals surface area contributed by atoms with Crippen molar-refractivity contribution in [2.24, 2.45) is 0 Å². The van der Waals surface area contributed by atoms with Crippen LogP contribution >= 0.6 is 0 Å². The van der Waals surface area contributed by atoms with Crippen molar-refractivity contribution in [3.05, 3.63) is 71.4 Å². The Hall–Kier alpha value is -2.88. The first-order valence-electron chi connectivity index (χ1n) is 6.95. The molecule has 0 spiro atoms. The summed E-state index contributed by atoms with van der Waals surface area (Å²) in [7, 11) is 0. The second-order valence-electron chi connectivity index (χ2n) is 5.03. The monoisotopic (exact) mass is 293 g/mol. The van der Waals surface area contributed by atoms with E-state index in [1.165, 1.54) is 6.07 Å². The normalized spacial score (nSPS) is 10.6. The smallest absolute Gasteiger partial charge is 0.339 e. The van der Waals surface area contributed by atoms with Crippen molar-refractivity contribution in [1.29, 1.82) is 0 Å². The number of aryl methyl sites for hydroxylation is 1. The zero-order valence-corrected chi connectivity index (χ0v) is 12.1. The average molecular weight is 293 g/mol. The molecular weight excluding hydrogens is 278 g/mol. The number of rotatable bonds is 4. The number of hydrogen-bond donors (Lipinski definition) is 1. The van der Waals surface area contributed by atoms with Crippen LogP contribution in [0.4, 0.5) is 0 Å². The Kier molecular flexibility index (Phi) is 3.74. The van der Waals surface area contributed by atoms with Crippen LogP contribution < -0.4 is 4.74 Å². The summed E-state index contributed by atoms with van der Waals surface area (Å²) >= 11 is 0. The summed E-state index contributed by atoms with van der Waals surface area (Å²) in [6.07, 6.45) is 0. The van der Waals surface area contributed by atoms with E-state index in [-0.39, 0.29) is 5.56 Å². The molecule has 2 aromatic carbocycles. The first kappa shape index (κ1) is 14.1. The number of carboxylic acid groups (broad SMARTS) is 1. The lowest BCUT2D eigenvalue weighted by molar-refractivity contribution is 0.0692. The number of aromatic carboxylic acids is 1. The molecule has 3 rings (SSSR count). The first-order chi connectivity index (χ1) is 10.6. The predicted molar refractivity (Wildman–Crippen MR) is 84.2 cm³/mol. The van der Waals surface area contributed by atoms with Crippen LogP contribution in [0.25, 0.3) is 10.9 Å². The molecular formula is C18H15NO3. The van der Waals surface area contributed by atoms with E-state index in [0.29, 0.717) is 12.4 Å². The Balaban J connectivity index is 1.93. The zero-order valence-electron chi connectivity index (χ0n) is 12.1. The molecule has 0 unspecified atom stereocenters. The van der Waals surface area contributed by atoms with Gasteiger partial charge in [0.2, 0.25) is 0 Å². The third kappa shape index (κ3) is 2.76. The summed E-state index contributed by atoms with van der Waals surface area (Å²) in [6, 6.07) is 16.5. The summed E-state index contributed by atoms with van der Waals surface area (Å²) in [5.41, 5.74) is 2.97. The van der Waals surface area contributed by atoms with Gasteiger partial charge in [0.1, 0.15) is 17.9 Å². The SMILES string of the molecule is Cc1cc(COc2ccccc2C(=O)O)c2ccccc2n1. The zero-order chi connectivity index (χ0) is 15.5. The molecule has 1 aromatic heterocycles. The molecule has 3 aromatic rings. The Labute approximate surface area is 128 Å². The van der Waals surface area contributed by atoms with Crippen LogP contribution in [0.3, 0.4) is 0 Å². The molecule has 0 saturated heterocycles. The Morgan fingerprint density at radius 3 is 2.68 bits per heavy atom. The van der Waals surface area contributed by atoms with Crippen LogP contribution in [0.15, 0.2) is 54.6 Å². The second-order valence-corrected chi connectivity index (χ2v) is 5.03. The molecule has 1 N–H and O–H groups in total. The van der Waals surface area contributed by atoms with E-state index < -0.39 is 5.97 Å². The fourth-order valence-corrected chi connectivity index (χ4v) is 2.44. The molecule has 0 atom stereocenters. The van der Waals surface area contributed by atoms with Gasteiger partial charge in [-0.2, -0.15) is 0 Å². The molecule has 110 valence electrons. The highest BCUT2D eigenvalue weighted by Crippen LogP contribution is 2.23. The minimum Gasteiger partial charge on any atom is -0.488 e. The predicted octanol–water partition coefficient (Wildman–Crippen LogP) is 3.82. The van der Waals surface area contributed by atoms with Crippen molar-refractivity contribution in [3.8, 4) is 5.75 Å². The van der Waals surface area contributed by atoms with E-state index in [1.807, 2.05) is 37.3 Å². The molecule has 0 amide bonds. The van der Waals surface area contributed by atoms with Crippen LogP contribution in [0.2, 0.25) is 0 Å². The van der Waals surface area contributed by atoms with E-state index in [9.17, 15) is 9.90 Å². The van der Waals surface area contributed by atoms with E-state index in [2.05, 4.69) is 4.98 Å². The van der Waals surface area contributed by atoms with Gasteiger partial charge < -0.3 is 9.84 Å². The number of aromatic nitrogens is 1. The largest absolute Gasteiger partial charge is 0.488 e. The maximum absolute atomic E-state index is 11.2. The van der Waals surface area contributed by atoms with Crippen LogP contribution in [-0.4, -0.2) is 16.1 Å². The van der Waals surface area contributed by atoms with Gasteiger partial charge in [-0.05, 0) is 31.2 Å². The number of pyridine rings is 1. The van der Waals surface area contributed by atoms with E-state index in [4.69, 9.17) is 4.74 Å². The van der Waals surface area contributed by atoms with Gasteiger partial charge >= 0.3 is 5.97 Å². The third-order valence-corrected chi connectivity index (χ3v) is 3.43. The highest BCUT2D eigenvalue weighted by molar-refractivity contribution is 5.90. The first-order valence-corrected chi connectivity index (χ1v) is 6.95. The topological polar surface area (TPSA) is 59.4 Å². The summed E-state index contributed by atoms with van der Waals surface area (Å²) in [5, 5.41) is 10.2. The minimum absolute atomic E-state index is 0.164. The van der Waals surface area contributed by atoms with Crippen molar-refractivity contribution in [2.75, 3.05) is 0 Å². The third-order valence-electron chi connectivity index (χ3n) is 3.43. The van der Waals surface area contributed by atoms with Crippen molar-refractivity contribution in [2.45, 2.75) is 13.5 Å². The molecule has 0 radical (unpaired) electrons. The van der Waals surface area contributed by atoms with Crippen LogP contribution in [0, 0.1) is 6.92 Å². The van der Waals surface area contributed by atoms with Crippen molar-refractivity contribution >= 4 is 16.9 Å².